The molecule has 2 amide bonds. The van der Waals surface area contributed by atoms with Crippen molar-refractivity contribution >= 4 is 17.5 Å². The number of hydrogen-bond donors (Lipinski definition) is 1. The van der Waals surface area contributed by atoms with Crippen molar-refractivity contribution in [2.75, 3.05) is 33.7 Å². The summed E-state index contributed by atoms with van der Waals surface area (Å²) in [5.74, 6) is -4.91. The van der Waals surface area contributed by atoms with Gasteiger partial charge in [-0.05, 0) is 18.6 Å². The van der Waals surface area contributed by atoms with Crippen LogP contribution >= 0.6 is 0 Å². The zero-order valence-electron chi connectivity index (χ0n) is 24.4. The van der Waals surface area contributed by atoms with Crippen molar-refractivity contribution in [1.29, 1.82) is 0 Å². The maximum atomic E-state index is 14.4. The maximum Gasteiger partial charge on any atom is 0.433 e. The number of aliphatic hydroxyl groups is 1. The number of benzene rings is 2. The van der Waals surface area contributed by atoms with Gasteiger partial charge in [-0.25, -0.2) is 22.7 Å². The van der Waals surface area contributed by atoms with Crippen LogP contribution in [-0.4, -0.2) is 86.0 Å². The van der Waals surface area contributed by atoms with Gasteiger partial charge < -0.3 is 14.9 Å². The second kappa shape index (κ2) is 12.1. The standard InChI is InChI=1S/C30H28F6N6O3/c1-16-25(18-6-4-17(15-43)5-7-18)38-27-21(12-37-42(27)26(16)30(34,35)36)28(44)41-9-8-40(14-23(41)29(45)39(2)3)13-19-10-20(31)11-22(32)24(19)33/h4-7,10-12,23,43H,8-9,13-15H2,1-3H3/t23-/m0/s1. The Morgan fingerprint density at radius 3 is 2.38 bits per heavy atom. The Kier molecular flexibility index (Phi) is 8.60. The van der Waals surface area contributed by atoms with E-state index in [0.29, 0.717) is 21.7 Å². The molecule has 238 valence electrons. The number of halogens is 6. The lowest BCUT2D eigenvalue weighted by Gasteiger charge is -2.41. The van der Waals surface area contributed by atoms with Gasteiger partial charge in [-0.2, -0.15) is 18.3 Å². The van der Waals surface area contributed by atoms with E-state index in [1.54, 1.807) is 4.90 Å². The topological polar surface area (TPSA) is 94.3 Å². The number of alkyl halides is 3. The van der Waals surface area contributed by atoms with Crippen LogP contribution in [0.15, 0.2) is 42.6 Å². The molecule has 1 aliphatic heterocycles. The summed E-state index contributed by atoms with van der Waals surface area (Å²) < 4.78 is 85.6. The molecule has 0 spiro atoms. The number of carbonyl (C=O) groups excluding carboxylic acids is 2. The van der Waals surface area contributed by atoms with E-state index in [4.69, 9.17) is 0 Å². The Morgan fingerprint density at radius 1 is 1.07 bits per heavy atom. The average molecular weight is 635 g/mol. The highest BCUT2D eigenvalue weighted by atomic mass is 19.4. The number of hydrogen-bond acceptors (Lipinski definition) is 6. The second-order valence-electron chi connectivity index (χ2n) is 10.9. The summed E-state index contributed by atoms with van der Waals surface area (Å²) in [5, 5.41) is 13.2. The normalized spacial score (nSPS) is 16.0. The molecule has 0 aliphatic carbocycles. The predicted octanol–water partition coefficient (Wildman–Crippen LogP) is 4.05. The summed E-state index contributed by atoms with van der Waals surface area (Å²) in [5.41, 5.74) is -1.50. The molecule has 5 rings (SSSR count). The lowest BCUT2D eigenvalue weighted by atomic mass is 10.0. The molecule has 0 saturated carbocycles. The first kappa shape index (κ1) is 31.9. The SMILES string of the molecule is Cc1c(-c2ccc(CO)cc2)nc2c(C(=O)N3CCN(Cc4cc(F)cc(F)c4F)C[C@H]3C(=O)N(C)C)cnn2c1C(F)(F)F. The maximum absolute atomic E-state index is 14.4. The number of aromatic nitrogens is 3. The summed E-state index contributed by atoms with van der Waals surface area (Å²) in [6, 6.07) is 6.18. The zero-order valence-corrected chi connectivity index (χ0v) is 24.4. The lowest BCUT2D eigenvalue weighted by molar-refractivity contribution is -0.143. The molecule has 2 aromatic heterocycles. The molecule has 3 heterocycles. The average Bonchev–Trinajstić information content (AvgIpc) is 3.41. The molecule has 45 heavy (non-hydrogen) atoms. The van der Waals surface area contributed by atoms with Crippen LogP contribution in [0.2, 0.25) is 0 Å². The molecule has 2 aromatic carbocycles. The molecular formula is C30H28F6N6O3. The minimum absolute atomic E-state index is 0.0519. The molecule has 1 atom stereocenters. The van der Waals surface area contributed by atoms with Gasteiger partial charge in [0.05, 0.1) is 18.5 Å². The Hall–Kier alpha value is -4.50. The largest absolute Gasteiger partial charge is 0.433 e. The Bertz CT molecular complexity index is 1770. The molecule has 0 unspecified atom stereocenters. The van der Waals surface area contributed by atoms with Crippen LogP contribution in [0.1, 0.15) is 32.7 Å². The molecular weight excluding hydrogens is 606 g/mol. The van der Waals surface area contributed by atoms with Crippen molar-refractivity contribution in [3.8, 4) is 11.3 Å². The van der Waals surface area contributed by atoms with Gasteiger partial charge in [0.15, 0.2) is 23.0 Å². The van der Waals surface area contributed by atoms with E-state index in [2.05, 4.69) is 10.1 Å². The smallest absolute Gasteiger partial charge is 0.392 e. The van der Waals surface area contributed by atoms with Crippen molar-refractivity contribution in [3.63, 3.8) is 0 Å². The van der Waals surface area contributed by atoms with Crippen molar-refractivity contribution in [1.82, 2.24) is 29.3 Å². The minimum Gasteiger partial charge on any atom is -0.392 e. The Balaban J connectivity index is 1.54. The Morgan fingerprint density at radius 2 is 1.76 bits per heavy atom. The van der Waals surface area contributed by atoms with Gasteiger partial charge in [-0.15, -0.1) is 0 Å². The third-order valence-electron chi connectivity index (χ3n) is 7.71. The molecule has 0 radical (unpaired) electrons. The zero-order chi connectivity index (χ0) is 32.8. The number of carbonyl (C=O) groups is 2. The van der Waals surface area contributed by atoms with Crippen LogP contribution < -0.4 is 0 Å². The van der Waals surface area contributed by atoms with E-state index in [0.717, 1.165) is 12.3 Å². The second-order valence-corrected chi connectivity index (χ2v) is 10.9. The third kappa shape index (κ3) is 6.09. The van der Waals surface area contributed by atoms with Crippen LogP contribution in [0.4, 0.5) is 26.3 Å². The Labute approximate surface area is 253 Å². The molecule has 1 saturated heterocycles. The van der Waals surface area contributed by atoms with E-state index in [-0.39, 0.29) is 60.8 Å². The fraction of sp³-hybridized carbons (Fsp3) is 0.333. The highest BCUT2D eigenvalue weighted by Crippen LogP contribution is 2.37. The summed E-state index contributed by atoms with van der Waals surface area (Å²) in [4.78, 5) is 35.6. The number of aliphatic hydroxyl groups excluding tert-OH is 1. The minimum atomic E-state index is -4.88. The first-order chi connectivity index (χ1) is 21.2. The van der Waals surface area contributed by atoms with E-state index < -0.39 is 47.2 Å². The van der Waals surface area contributed by atoms with E-state index in [1.807, 2.05) is 0 Å². The first-order valence-electron chi connectivity index (χ1n) is 13.7. The number of rotatable bonds is 6. The third-order valence-corrected chi connectivity index (χ3v) is 7.71. The molecule has 1 N–H and O–H groups in total. The van der Waals surface area contributed by atoms with Gasteiger partial charge in [0.2, 0.25) is 5.91 Å². The summed E-state index contributed by atoms with van der Waals surface area (Å²) in [7, 11) is 2.91. The number of piperazine rings is 1. The number of fused-ring (bicyclic) bond motifs is 1. The molecule has 15 heteroatoms. The summed E-state index contributed by atoms with van der Waals surface area (Å²) >= 11 is 0. The molecule has 0 bridgehead atoms. The lowest BCUT2D eigenvalue weighted by Crippen LogP contribution is -2.60. The number of amides is 2. The highest BCUT2D eigenvalue weighted by molar-refractivity contribution is 6.02. The summed E-state index contributed by atoms with van der Waals surface area (Å²) in [6.07, 6.45) is -3.91. The van der Waals surface area contributed by atoms with Crippen LogP contribution in [0.25, 0.3) is 16.9 Å². The number of nitrogens with zero attached hydrogens (tertiary/aromatic N) is 6. The van der Waals surface area contributed by atoms with Crippen LogP contribution in [-0.2, 0) is 24.1 Å². The van der Waals surface area contributed by atoms with Crippen molar-refractivity contribution < 1.29 is 41.0 Å². The van der Waals surface area contributed by atoms with Gasteiger partial charge in [-0.3, -0.25) is 14.5 Å². The molecule has 1 aliphatic rings. The van der Waals surface area contributed by atoms with Gasteiger partial charge in [0, 0.05) is 63.0 Å². The van der Waals surface area contributed by atoms with Gasteiger partial charge in [0.25, 0.3) is 5.91 Å². The van der Waals surface area contributed by atoms with Gasteiger partial charge >= 0.3 is 6.18 Å². The molecule has 4 aromatic rings. The molecule has 1 fully saturated rings. The molecule has 9 nitrogen and oxygen atoms in total. The van der Waals surface area contributed by atoms with Crippen molar-refractivity contribution in [2.45, 2.75) is 32.3 Å². The fourth-order valence-electron chi connectivity index (χ4n) is 5.46. The van der Waals surface area contributed by atoms with Crippen molar-refractivity contribution in [2.24, 2.45) is 0 Å². The van der Waals surface area contributed by atoms with E-state index in [9.17, 15) is 41.0 Å². The van der Waals surface area contributed by atoms with Crippen LogP contribution in [0.3, 0.4) is 0 Å². The van der Waals surface area contributed by atoms with Crippen molar-refractivity contribution in [3.05, 3.63) is 88.0 Å². The van der Waals surface area contributed by atoms with Crippen LogP contribution in [0.5, 0.6) is 0 Å². The number of likely N-dealkylation sites (N-methyl/N-ethyl adjacent to an activating group) is 1. The van der Waals surface area contributed by atoms with E-state index in [1.165, 1.54) is 55.1 Å². The van der Waals surface area contributed by atoms with E-state index >= 15 is 0 Å². The summed E-state index contributed by atoms with van der Waals surface area (Å²) in [6.45, 7) is 0.504. The first-order valence-corrected chi connectivity index (χ1v) is 13.7. The van der Waals surface area contributed by atoms with Gasteiger partial charge in [0.1, 0.15) is 17.4 Å². The van der Waals surface area contributed by atoms with Gasteiger partial charge in [-0.1, -0.05) is 24.3 Å². The highest BCUT2D eigenvalue weighted by Gasteiger charge is 2.41. The monoisotopic (exact) mass is 634 g/mol. The fourth-order valence-corrected chi connectivity index (χ4v) is 5.46. The quantitative estimate of drug-likeness (QED) is 0.254. The van der Waals surface area contributed by atoms with Crippen LogP contribution in [0, 0.1) is 24.4 Å². The predicted molar refractivity (Wildman–Crippen MR) is 149 cm³/mol.